The first-order valence-corrected chi connectivity index (χ1v) is 8.87. The van der Waals surface area contributed by atoms with Crippen molar-refractivity contribution in [3.63, 3.8) is 0 Å². The van der Waals surface area contributed by atoms with E-state index in [1.165, 1.54) is 6.07 Å². The SMILES string of the molecule is Cc1cc(N(CC(=O)Nc2cccc(Cl)c2C)S(C)(=O)=O)no1. The maximum Gasteiger partial charge on any atom is 0.245 e. The third-order valence-electron chi connectivity index (χ3n) is 3.10. The van der Waals surface area contributed by atoms with E-state index in [-0.39, 0.29) is 5.82 Å². The molecule has 1 N–H and O–H groups in total. The molecule has 2 rings (SSSR count). The number of halogens is 1. The molecule has 9 heteroatoms. The summed E-state index contributed by atoms with van der Waals surface area (Å²) in [6.07, 6.45) is 0.995. The Hall–Kier alpha value is -2.06. The first-order valence-electron chi connectivity index (χ1n) is 6.64. The van der Waals surface area contributed by atoms with Gasteiger partial charge in [0.2, 0.25) is 15.9 Å². The lowest BCUT2D eigenvalue weighted by Gasteiger charge is -2.19. The van der Waals surface area contributed by atoms with Crippen molar-refractivity contribution in [2.75, 3.05) is 22.4 Å². The Kier molecular flexibility index (Phi) is 4.96. The minimum absolute atomic E-state index is 0.0583. The number of hydrogen-bond acceptors (Lipinski definition) is 5. The number of carbonyl (C=O) groups is 1. The summed E-state index contributed by atoms with van der Waals surface area (Å²) in [6.45, 7) is 2.97. The molecule has 0 bridgehead atoms. The highest BCUT2D eigenvalue weighted by Gasteiger charge is 2.24. The number of hydrogen-bond donors (Lipinski definition) is 1. The monoisotopic (exact) mass is 357 g/mol. The van der Waals surface area contributed by atoms with E-state index in [1.54, 1.807) is 32.0 Å². The van der Waals surface area contributed by atoms with E-state index in [4.69, 9.17) is 16.1 Å². The fraction of sp³-hybridized carbons (Fsp3) is 0.286. The van der Waals surface area contributed by atoms with Gasteiger partial charge < -0.3 is 9.84 Å². The van der Waals surface area contributed by atoms with Crippen LogP contribution in [0.1, 0.15) is 11.3 Å². The molecule has 0 aliphatic rings. The second-order valence-corrected chi connectivity index (χ2v) is 7.34. The summed E-state index contributed by atoms with van der Waals surface area (Å²) in [7, 11) is -3.69. The van der Waals surface area contributed by atoms with E-state index in [1.807, 2.05) is 0 Å². The molecule has 0 unspecified atom stereocenters. The Morgan fingerprint density at radius 2 is 2.09 bits per heavy atom. The van der Waals surface area contributed by atoms with E-state index in [9.17, 15) is 13.2 Å². The maximum atomic E-state index is 12.2. The van der Waals surface area contributed by atoms with Gasteiger partial charge in [-0.2, -0.15) is 0 Å². The highest BCUT2D eigenvalue weighted by atomic mass is 35.5. The van der Waals surface area contributed by atoms with E-state index in [2.05, 4.69) is 10.5 Å². The highest BCUT2D eigenvalue weighted by Crippen LogP contribution is 2.23. The molecule has 1 amide bonds. The predicted molar refractivity (Wildman–Crippen MR) is 88.2 cm³/mol. The molecule has 0 fully saturated rings. The van der Waals surface area contributed by atoms with Crippen molar-refractivity contribution >= 4 is 39.0 Å². The summed E-state index contributed by atoms with van der Waals surface area (Å²) >= 11 is 5.99. The fourth-order valence-corrected chi connectivity index (χ4v) is 2.85. The van der Waals surface area contributed by atoms with Crippen LogP contribution in [-0.4, -0.2) is 32.3 Å². The Balaban J connectivity index is 2.20. The smallest absolute Gasteiger partial charge is 0.245 e. The lowest BCUT2D eigenvalue weighted by atomic mass is 10.2. The molecule has 0 aliphatic heterocycles. The van der Waals surface area contributed by atoms with Crippen molar-refractivity contribution in [2.24, 2.45) is 0 Å². The van der Waals surface area contributed by atoms with Crippen LogP contribution in [0.2, 0.25) is 5.02 Å². The number of rotatable bonds is 5. The van der Waals surface area contributed by atoms with Crippen molar-refractivity contribution in [3.05, 3.63) is 40.6 Å². The number of anilines is 2. The Morgan fingerprint density at radius 3 is 2.65 bits per heavy atom. The maximum absolute atomic E-state index is 12.2. The summed E-state index contributed by atoms with van der Waals surface area (Å²) in [5, 5.41) is 6.80. The van der Waals surface area contributed by atoms with Crippen LogP contribution in [0, 0.1) is 13.8 Å². The van der Waals surface area contributed by atoms with E-state index in [0.29, 0.717) is 22.0 Å². The lowest BCUT2D eigenvalue weighted by Crippen LogP contribution is -2.37. The number of nitrogens with one attached hydrogen (secondary N) is 1. The zero-order valence-electron chi connectivity index (χ0n) is 12.8. The van der Waals surface area contributed by atoms with Gasteiger partial charge in [0.15, 0.2) is 5.82 Å². The third-order valence-corrected chi connectivity index (χ3v) is 4.63. The Labute approximate surface area is 139 Å². The van der Waals surface area contributed by atoms with Crippen molar-refractivity contribution in [3.8, 4) is 0 Å². The first-order chi connectivity index (χ1) is 10.7. The second kappa shape index (κ2) is 6.59. The molecule has 0 spiro atoms. The topological polar surface area (TPSA) is 92.5 Å². The Bertz CT molecular complexity index is 832. The van der Waals surface area contributed by atoms with Crippen LogP contribution in [0.15, 0.2) is 28.8 Å². The average molecular weight is 358 g/mol. The highest BCUT2D eigenvalue weighted by molar-refractivity contribution is 7.92. The molecule has 0 atom stereocenters. The number of carbonyl (C=O) groups excluding carboxylic acids is 1. The standard InChI is InChI=1S/C14H16ClN3O4S/c1-9-7-13(17-22-9)18(23(3,20)21)8-14(19)16-12-6-4-5-11(15)10(12)2/h4-7H,8H2,1-3H3,(H,16,19). The van der Waals surface area contributed by atoms with E-state index >= 15 is 0 Å². The number of benzene rings is 1. The molecule has 23 heavy (non-hydrogen) atoms. The minimum atomic E-state index is -3.69. The third kappa shape index (κ3) is 4.23. The van der Waals surface area contributed by atoms with Crippen molar-refractivity contribution in [1.82, 2.24) is 5.16 Å². The number of aryl methyl sites for hydroxylation is 1. The van der Waals surface area contributed by atoms with Gasteiger partial charge >= 0.3 is 0 Å². The predicted octanol–water partition coefficient (Wildman–Crippen LogP) is 2.35. The quantitative estimate of drug-likeness (QED) is 0.886. The lowest BCUT2D eigenvalue weighted by molar-refractivity contribution is -0.114. The van der Waals surface area contributed by atoms with Gasteiger partial charge in [-0.3, -0.25) is 4.79 Å². The van der Waals surface area contributed by atoms with Gasteiger partial charge in [0, 0.05) is 16.8 Å². The molecule has 1 heterocycles. The van der Waals surface area contributed by atoms with Crippen LogP contribution in [0.3, 0.4) is 0 Å². The van der Waals surface area contributed by atoms with Gasteiger partial charge in [0.1, 0.15) is 12.3 Å². The summed E-state index contributed by atoms with van der Waals surface area (Å²) in [4.78, 5) is 12.2. The van der Waals surface area contributed by atoms with Gasteiger partial charge in [-0.05, 0) is 31.5 Å². The number of nitrogens with zero attached hydrogens (tertiary/aromatic N) is 2. The van der Waals surface area contributed by atoms with Crippen LogP contribution in [0.4, 0.5) is 11.5 Å². The van der Waals surface area contributed by atoms with Crippen molar-refractivity contribution in [1.29, 1.82) is 0 Å². The van der Waals surface area contributed by atoms with Crippen LogP contribution in [0.25, 0.3) is 0 Å². The molecule has 0 aliphatic carbocycles. The number of amides is 1. The van der Waals surface area contributed by atoms with E-state index in [0.717, 1.165) is 10.6 Å². The minimum Gasteiger partial charge on any atom is -0.360 e. The molecule has 7 nitrogen and oxygen atoms in total. The molecule has 0 saturated heterocycles. The zero-order valence-corrected chi connectivity index (χ0v) is 14.4. The molecule has 124 valence electrons. The number of sulfonamides is 1. The summed E-state index contributed by atoms with van der Waals surface area (Å²) in [6, 6.07) is 6.52. The van der Waals surface area contributed by atoms with Crippen LogP contribution >= 0.6 is 11.6 Å². The van der Waals surface area contributed by atoms with Gasteiger partial charge in [-0.25, -0.2) is 12.7 Å². The molecule has 0 radical (unpaired) electrons. The van der Waals surface area contributed by atoms with Crippen molar-refractivity contribution in [2.45, 2.75) is 13.8 Å². The van der Waals surface area contributed by atoms with Gasteiger partial charge in [-0.15, -0.1) is 0 Å². The van der Waals surface area contributed by atoms with E-state index < -0.39 is 22.5 Å². The van der Waals surface area contributed by atoms with Crippen LogP contribution in [0.5, 0.6) is 0 Å². The van der Waals surface area contributed by atoms with Crippen LogP contribution < -0.4 is 9.62 Å². The number of aromatic nitrogens is 1. The zero-order chi connectivity index (χ0) is 17.2. The van der Waals surface area contributed by atoms with Gasteiger partial charge in [-0.1, -0.05) is 22.8 Å². The summed E-state index contributed by atoms with van der Waals surface area (Å²) < 4.78 is 29.5. The molecule has 2 aromatic rings. The molecule has 0 saturated carbocycles. The van der Waals surface area contributed by atoms with Crippen molar-refractivity contribution < 1.29 is 17.7 Å². The average Bonchev–Trinajstić information content (AvgIpc) is 2.86. The van der Waals surface area contributed by atoms with Gasteiger partial charge in [0.25, 0.3) is 0 Å². The Morgan fingerprint density at radius 1 is 1.39 bits per heavy atom. The van der Waals surface area contributed by atoms with Gasteiger partial charge in [0.05, 0.1) is 6.26 Å². The first kappa shape index (κ1) is 17.3. The normalized spacial score (nSPS) is 11.3. The molecular formula is C14H16ClN3O4S. The molecule has 1 aromatic heterocycles. The largest absolute Gasteiger partial charge is 0.360 e. The second-order valence-electron chi connectivity index (χ2n) is 5.03. The molecular weight excluding hydrogens is 342 g/mol. The fourth-order valence-electron chi connectivity index (χ4n) is 1.90. The van der Waals surface area contributed by atoms with Crippen LogP contribution in [-0.2, 0) is 14.8 Å². The summed E-state index contributed by atoms with van der Waals surface area (Å²) in [5.74, 6) is -0.0100. The summed E-state index contributed by atoms with van der Waals surface area (Å²) in [5.41, 5.74) is 1.22. The molecule has 1 aromatic carbocycles.